The Hall–Kier alpha value is -1.55. The Labute approximate surface area is 126 Å². The Morgan fingerprint density at radius 3 is 2.81 bits per heavy atom. The number of hydrogen-bond donors (Lipinski definition) is 2. The maximum atomic E-state index is 11.5. The Balaban J connectivity index is 1.66. The zero-order chi connectivity index (χ0) is 14.8. The number of nitrogens with zero attached hydrogens (tertiary/aromatic N) is 1. The number of anilines is 1. The van der Waals surface area contributed by atoms with Gasteiger partial charge in [-0.25, -0.2) is 0 Å². The molecule has 0 radical (unpaired) electrons. The summed E-state index contributed by atoms with van der Waals surface area (Å²) >= 11 is 0. The smallest absolute Gasteiger partial charge is 0.220 e. The summed E-state index contributed by atoms with van der Waals surface area (Å²) in [6.45, 7) is 4.17. The van der Waals surface area contributed by atoms with Gasteiger partial charge in [-0.2, -0.15) is 0 Å². The highest BCUT2D eigenvalue weighted by molar-refractivity contribution is 5.77. The van der Waals surface area contributed by atoms with Crippen LogP contribution in [0.3, 0.4) is 0 Å². The van der Waals surface area contributed by atoms with E-state index in [2.05, 4.69) is 41.4 Å². The largest absolute Gasteiger partial charge is 0.371 e. The second-order valence-electron chi connectivity index (χ2n) is 6.31. The summed E-state index contributed by atoms with van der Waals surface area (Å²) in [6.07, 6.45) is 3.71. The monoisotopic (exact) mass is 287 g/mol. The number of piperidine rings is 2. The Morgan fingerprint density at radius 1 is 1.33 bits per heavy atom. The van der Waals surface area contributed by atoms with Crippen LogP contribution in [0, 0.1) is 5.92 Å². The van der Waals surface area contributed by atoms with Gasteiger partial charge in [0.05, 0.1) is 0 Å². The zero-order valence-electron chi connectivity index (χ0n) is 12.7. The first-order valence-corrected chi connectivity index (χ1v) is 8.07. The van der Waals surface area contributed by atoms with Crippen LogP contribution < -0.4 is 16.0 Å². The molecule has 0 saturated carbocycles. The Bertz CT molecular complexity index is 499. The summed E-state index contributed by atoms with van der Waals surface area (Å²) in [5.41, 5.74) is 8.55. The number of nitrogens with two attached hydrogens (primary N) is 1. The van der Waals surface area contributed by atoms with Crippen molar-refractivity contribution in [2.24, 2.45) is 11.7 Å². The third-order valence-electron chi connectivity index (χ3n) is 4.95. The average molecular weight is 287 g/mol. The molecule has 21 heavy (non-hydrogen) atoms. The molecule has 0 aromatic heterocycles. The average Bonchev–Trinajstić information content (AvgIpc) is 2.53. The topological polar surface area (TPSA) is 58.4 Å². The molecule has 0 bridgehead atoms. The van der Waals surface area contributed by atoms with E-state index in [4.69, 9.17) is 5.73 Å². The van der Waals surface area contributed by atoms with E-state index in [1.807, 2.05) is 0 Å². The van der Waals surface area contributed by atoms with E-state index in [1.165, 1.54) is 11.3 Å². The highest BCUT2D eigenvalue weighted by Gasteiger charge is 2.33. The second kappa shape index (κ2) is 6.06. The molecule has 2 aliphatic rings. The lowest BCUT2D eigenvalue weighted by atomic mass is 9.85. The van der Waals surface area contributed by atoms with Crippen molar-refractivity contribution >= 4 is 11.6 Å². The summed E-state index contributed by atoms with van der Waals surface area (Å²) < 4.78 is 0. The van der Waals surface area contributed by atoms with E-state index >= 15 is 0 Å². The molecule has 3 unspecified atom stereocenters. The molecule has 1 aromatic rings. The number of amides is 1. The van der Waals surface area contributed by atoms with Crippen LogP contribution in [0.2, 0.25) is 0 Å². The lowest BCUT2D eigenvalue weighted by Crippen LogP contribution is -2.54. The van der Waals surface area contributed by atoms with Crippen molar-refractivity contribution in [1.29, 1.82) is 0 Å². The van der Waals surface area contributed by atoms with Gasteiger partial charge in [-0.15, -0.1) is 0 Å². The summed E-state index contributed by atoms with van der Waals surface area (Å²) in [4.78, 5) is 13.9. The van der Waals surface area contributed by atoms with Crippen LogP contribution in [0.15, 0.2) is 24.3 Å². The maximum absolute atomic E-state index is 11.5. The fourth-order valence-corrected chi connectivity index (χ4v) is 3.51. The zero-order valence-corrected chi connectivity index (χ0v) is 12.7. The molecule has 3 N–H and O–H groups in total. The van der Waals surface area contributed by atoms with Crippen LogP contribution in [0.25, 0.3) is 0 Å². The molecular weight excluding hydrogens is 262 g/mol. The number of rotatable bonds is 3. The number of carbonyl (C=O) groups excluding carboxylic acids is 1. The SMILES string of the molecule is CCC(N)c1ccc(N2CCC3NC(=O)CCC3C2)cc1. The van der Waals surface area contributed by atoms with Crippen LogP contribution in [0.1, 0.15) is 44.2 Å². The van der Waals surface area contributed by atoms with Gasteiger partial charge < -0.3 is 16.0 Å². The van der Waals surface area contributed by atoms with Crippen molar-refractivity contribution in [1.82, 2.24) is 5.32 Å². The second-order valence-corrected chi connectivity index (χ2v) is 6.31. The maximum Gasteiger partial charge on any atom is 0.220 e. The minimum atomic E-state index is 0.137. The molecule has 3 atom stereocenters. The van der Waals surface area contributed by atoms with Crippen LogP contribution in [0.5, 0.6) is 0 Å². The van der Waals surface area contributed by atoms with E-state index in [0.29, 0.717) is 18.4 Å². The van der Waals surface area contributed by atoms with Gasteiger partial charge in [-0.3, -0.25) is 4.79 Å². The third-order valence-corrected chi connectivity index (χ3v) is 4.95. The fraction of sp³-hybridized carbons (Fsp3) is 0.588. The molecule has 2 saturated heterocycles. The summed E-state index contributed by atoms with van der Waals surface area (Å²) in [6, 6.07) is 9.20. The van der Waals surface area contributed by atoms with Crippen LogP contribution in [-0.4, -0.2) is 25.0 Å². The molecule has 4 nitrogen and oxygen atoms in total. The summed E-state index contributed by atoms with van der Waals surface area (Å²) in [5, 5.41) is 3.14. The highest BCUT2D eigenvalue weighted by Crippen LogP contribution is 2.29. The first-order chi connectivity index (χ1) is 10.2. The number of benzene rings is 1. The van der Waals surface area contributed by atoms with Gasteiger partial charge in [0.2, 0.25) is 5.91 Å². The molecule has 2 aliphatic heterocycles. The van der Waals surface area contributed by atoms with Crippen molar-refractivity contribution < 1.29 is 4.79 Å². The first-order valence-electron chi connectivity index (χ1n) is 8.07. The van der Waals surface area contributed by atoms with Gasteiger partial charge in [0.25, 0.3) is 0 Å². The molecule has 2 fully saturated rings. The number of fused-ring (bicyclic) bond motifs is 1. The number of carbonyl (C=O) groups is 1. The third kappa shape index (κ3) is 3.05. The fourth-order valence-electron chi connectivity index (χ4n) is 3.51. The molecule has 3 rings (SSSR count). The van der Waals surface area contributed by atoms with Gasteiger partial charge in [0, 0.05) is 37.3 Å². The minimum Gasteiger partial charge on any atom is -0.371 e. The quantitative estimate of drug-likeness (QED) is 0.896. The van der Waals surface area contributed by atoms with Gasteiger partial charge in [0.1, 0.15) is 0 Å². The molecule has 2 heterocycles. The van der Waals surface area contributed by atoms with Gasteiger partial charge >= 0.3 is 0 Å². The molecule has 4 heteroatoms. The van der Waals surface area contributed by atoms with Crippen molar-refractivity contribution in [3.63, 3.8) is 0 Å². The normalized spacial score (nSPS) is 27.0. The van der Waals surface area contributed by atoms with Gasteiger partial charge in [-0.1, -0.05) is 19.1 Å². The van der Waals surface area contributed by atoms with E-state index in [-0.39, 0.29) is 11.9 Å². The lowest BCUT2D eigenvalue weighted by Gasteiger charge is -2.42. The van der Waals surface area contributed by atoms with E-state index in [1.54, 1.807) is 0 Å². The molecular formula is C17H25N3O. The van der Waals surface area contributed by atoms with E-state index in [0.717, 1.165) is 32.4 Å². The van der Waals surface area contributed by atoms with Crippen molar-refractivity contribution in [2.45, 2.75) is 44.7 Å². The van der Waals surface area contributed by atoms with Crippen molar-refractivity contribution in [3.8, 4) is 0 Å². The molecule has 114 valence electrons. The summed E-state index contributed by atoms with van der Waals surface area (Å²) in [5.74, 6) is 0.816. The minimum absolute atomic E-state index is 0.137. The number of nitrogens with one attached hydrogen (secondary N) is 1. The highest BCUT2D eigenvalue weighted by atomic mass is 16.1. The van der Waals surface area contributed by atoms with E-state index < -0.39 is 0 Å². The Morgan fingerprint density at radius 2 is 2.10 bits per heavy atom. The molecule has 0 aliphatic carbocycles. The Kier molecular flexibility index (Phi) is 4.15. The van der Waals surface area contributed by atoms with Crippen LogP contribution in [0.4, 0.5) is 5.69 Å². The number of hydrogen-bond acceptors (Lipinski definition) is 3. The van der Waals surface area contributed by atoms with Crippen LogP contribution in [-0.2, 0) is 4.79 Å². The van der Waals surface area contributed by atoms with Crippen LogP contribution >= 0.6 is 0 Å². The predicted molar refractivity (Wildman–Crippen MR) is 85.1 cm³/mol. The van der Waals surface area contributed by atoms with Gasteiger partial charge in [0.15, 0.2) is 0 Å². The summed E-state index contributed by atoms with van der Waals surface area (Å²) in [7, 11) is 0. The molecule has 0 spiro atoms. The van der Waals surface area contributed by atoms with Gasteiger partial charge in [-0.05, 0) is 42.9 Å². The van der Waals surface area contributed by atoms with Crippen molar-refractivity contribution in [3.05, 3.63) is 29.8 Å². The molecule has 1 amide bonds. The first kappa shape index (κ1) is 14.4. The lowest BCUT2D eigenvalue weighted by molar-refractivity contribution is -0.124. The van der Waals surface area contributed by atoms with Crippen molar-refractivity contribution in [2.75, 3.05) is 18.0 Å². The molecule has 1 aromatic carbocycles. The standard InChI is InChI=1S/C17H25N3O/c1-2-15(18)12-3-6-14(7-4-12)20-10-9-16-13(11-20)5-8-17(21)19-16/h3-4,6-7,13,15-16H,2,5,8-11,18H2,1H3,(H,19,21). The predicted octanol–water partition coefficient (Wildman–Crippen LogP) is 2.20. The van der Waals surface area contributed by atoms with E-state index in [9.17, 15) is 4.79 Å².